The number of benzene rings is 3. The lowest BCUT2D eigenvalue weighted by molar-refractivity contribution is 0.375. The first-order valence-corrected chi connectivity index (χ1v) is 13.1. The van der Waals surface area contributed by atoms with Crippen LogP contribution in [0, 0.1) is 17.6 Å². The molecule has 0 N–H and O–H groups in total. The molecule has 1 saturated heterocycles. The van der Waals surface area contributed by atoms with E-state index >= 15 is 0 Å². The monoisotopic (exact) mass is 472 g/mol. The number of halogens is 2. The summed E-state index contributed by atoms with van der Waals surface area (Å²) in [5.74, 6) is -0.355. The highest BCUT2D eigenvalue weighted by molar-refractivity contribution is 5.65. The van der Waals surface area contributed by atoms with Crippen LogP contribution >= 0.6 is 0 Å². The van der Waals surface area contributed by atoms with Gasteiger partial charge in [0.05, 0.1) is 6.61 Å². The third kappa shape index (κ3) is 5.73. The molecule has 1 unspecified atom stereocenters. The van der Waals surface area contributed by atoms with Gasteiger partial charge in [-0.2, -0.15) is 0 Å². The summed E-state index contributed by atoms with van der Waals surface area (Å²) in [7, 11) is 0. The lowest BCUT2D eigenvalue weighted by Crippen LogP contribution is -2.11. The maximum absolute atomic E-state index is 14.7. The van der Waals surface area contributed by atoms with Gasteiger partial charge in [0.25, 0.3) is 0 Å². The first-order valence-electron chi connectivity index (χ1n) is 13.1. The SMILES string of the molecule is CCc1ccc(CC/C=C/C2CCC(c3ccc(-c4ccc(C5CO5)c(F)c4F)cc3)CC2)cc1. The number of hydrogen-bond acceptors (Lipinski definition) is 1. The van der Waals surface area contributed by atoms with Gasteiger partial charge in [-0.15, -0.1) is 0 Å². The highest BCUT2D eigenvalue weighted by Gasteiger charge is 2.30. The zero-order chi connectivity index (χ0) is 24.2. The predicted molar refractivity (Wildman–Crippen MR) is 138 cm³/mol. The van der Waals surface area contributed by atoms with Gasteiger partial charge in [0.1, 0.15) is 6.10 Å². The fourth-order valence-electron chi connectivity index (χ4n) is 5.32. The zero-order valence-electron chi connectivity index (χ0n) is 20.5. The minimum Gasteiger partial charge on any atom is -0.368 e. The normalized spacial score (nSPS) is 22.0. The van der Waals surface area contributed by atoms with Crippen LogP contribution in [-0.2, 0) is 17.6 Å². The molecular formula is C32H34F2O. The largest absolute Gasteiger partial charge is 0.368 e. The number of ether oxygens (including phenoxy) is 1. The van der Waals surface area contributed by atoms with E-state index in [4.69, 9.17) is 4.74 Å². The highest BCUT2D eigenvalue weighted by Crippen LogP contribution is 2.38. The Morgan fingerprint density at radius 2 is 1.51 bits per heavy atom. The topological polar surface area (TPSA) is 12.5 Å². The van der Waals surface area contributed by atoms with Gasteiger partial charge in [-0.25, -0.2) is 8.78 Å². The molecule has 0 bridgehead atoms. The number of rotatable bonds is 8. The molecule has 35 heavy (non-hydrogen) atoms. The van der Waals surface area contributed by atoms with Crippen molar-refractivity contribution >= 4 is 0 Å². The highest BCUT2D eigenvalue weighted by atomic mass is 19.2. The summed E-state index contributed by atoms with van der Waals surface area (Å²) in [5, 5.41) is 0. The molecule has 5 rings (SSSR count). The molecule has 0 aromatic heterocycles. The Morgan fingerprint density at radius 1 is 0.829 bits per heavy atom. The Morgan fingerprint density at radius 3 is 2.17 bits per heavy atom. The summed E-state index contributed by atoms with van der Waals surface area (Å²) in [6.07, 6.45) is 12.5. The summed E-state index contributed by atoms with van der Waals surface area (Å²) in [5.41, 5.74) is 5.46. The molecule has 1 aliphatic carbocycles. The van der Waals surface area contributed by atoms with E-state index in [0.717, 1.165) is 24.8 Å². The van der Waals surface area contributed by atoms with Crippen molar-refractivity contribution in [2.75, 3.05) is 6.61 Å². The average Bonchev–Trinajstić information content (AvgIpc) is 3.75. The summed E-state index contributed by atoms with van der Waals surface area (Å²) in [4.78, 5) is 0. The minimum absolute atomic E-state index is 0.288. The van der Waals surface area contributed by atoms with Crippen molar-refractivity contribution in [3.63, 3.8) is 0 Å². The van der Waals surface area contributed by atoms with Crippen LogP contribution in [0.4, 0.5) is 8.78 Å². The van der Waals surface area contributed by atoms with Gasteiger partial charge in [0.2, 0.25) is 0 Å². The van der Waals surface area contributed by atoms with Crippen LogP contribution < -0.4 is 0 Å². The standard InChI is InChI=1S/C32H34F2O/c1-2-22-7-9-23(10-8-22)5-3-4-6-24-11-13-25(14-12-24)26-15-17-27(18-16-26)28-19-20-29(30-21-35-30)32(34)31(28)33/h4,6-10,15-20,24-25,30H,2-3,5,11-14,21H2,1H3/b6-4+. The third-order valence-corrected chi connectivity index (χ3v) is 7.70. The van der Waals surface area contributed by atoms with E-state index in [2.05, 4.69) is 55.5 Å². The molecule has 1 heterocycles. The van der Waals surface area contributed by atoms with Crippen molar-refractivity contribution in [3.8, 4) is 11.1 Å². The summed E-state index contributed by atoms with van der Waals surface area (Å²) in [6, 6.07) is 20.4. The lowest BCUT2D eigenvalue weighted by atomic mass is 9.78. The molecule has 1 nitrogen and oxygen atoms in total. The van der Waals surface area contributed by atoms with Crippen LogP contribution in [0.2, 0.25) is 0 Å². The van der Waals surface area contributed by atoms with Gasteiger partial charge < -0.3 is 4.74 Å². The van der Waals surface area contributed by atoms with E-state index in [0.29, 0.717) is 29.6 Å². The van der Waals surface area contributed by atoms with E-state index < -0.39 is 11.6 Å². The van der Waals surface area contributed by atoms with Crippen LogP contribution in [0.3, 0.4) is 0 Å². The van der Waals surface area contributed by atoms with Gasteiger partial charge in [-0.3, -0.25) is 0 Å². The van der Waals surface area contributed by atoms with E-state index in [-0.39, 0.29) is 6.10 Å². The van der Waals surface area contributed by atoms with Crippen molar-refractivity contribution in [1.29, 1.82) is 0 Å². The van der Waals surface area contributed by atoms with Crippen molar-refractivity contribution in [1.82, 2.24) is 0 Å². The maximum atomic E-state index is 14.7. The second-order valence-corrected chi connectivity index (χ2v) is 10.0. The van der Waals surface area contributed by atoms with Gasteiger partial charge in [0.15, 0.2) is 11.6 Å². The van der Waals surface area contributed by atoms with Gasteiger partial charge in [-0.05, 0) is 79.0 Å². The fourth-order valence-corrected chi connectivity index (χ4v) is 5.32. The molecule has 3 aromatic rings. The molecule has 1 aliphatic heterocycles. The maximum Gasteiger partial charge on any atom is 0.167 e. The lowest BCUT2D eigenvalue weighted by Gasteiger charge is -2.27. The number of allylic oxidation sites excluding steroid dienone is 2. The van der Waals surface area contributed by atoms with E-state index in [1.165, 1.54) is 42.4 Å². The molecular weight excluding hydrogens is 438 g/mol. The van der Waals surface area contributed by atoms with Crippen molar-refractivity contribution < 1.29 is 13.5 Å². The number of hydrogen-bond donors (Lipinski definition) is 0. The Balaban J connectivity index is 1.12. The molecule has 2 fully saturated rings. The van der Waals surface area contributed by atoms with E-state index in [1.54, 1.807) is 12.1 Å². The number of epoxide rings is 1. The fraction of sp³-hybridized carbons (Fsp3) is 0.375. The van der Waals surface area contributed by atoms with Crippen molar-refractivity contribution in [3.05, 3.63) is 107 Å². The third-order valence-electron chi connectivity index (χ3n) is 7.70. The Bertz CT molecular complexity index is 1150. The molecule has 3 heteroatoms. The van der Waals surface area contributed by atoms with Crippen molar-refractivity contribution in [2.24, 2.45) is 5.92 Å². The average molecular weight is 473 g/mol. The first-order chi connectivity index (χ1) is 17.1. The second-order valence-electron chi connectivity index (χ2n) is 10.0. The molecule has 0 radical (unpaired) electrons. The van der Waals surface area contributed by atoms with Crippen LogP contribution in [0.1, 0.15) is 73.3 Å². The summed E-state index contributed by atoms with van der Waals surface area (Å²) >= 11 is 0. The summed E-state index contributed by atoms with van der Waals surface area (Å²) in [6.45, 7) is 2.66. The summed E-state index contributed by atoms with van der Waals surface area (Å²) < 4.78 is 34.2. The van der Waals surface area contributed by atoms with Crippen LogP contribution in [-0.4, -0.2) is 6.61 Å². The van der Waals surface area contributed by atoms with Crippen LogP contribution in [0.5, 0.6) is 0 Å². The quantitative estimate of drug-likeness (QED) is 0.236. The van der Waals surface area contributed by atoms with Gasteiger partial charge in [0, 0.05) is 11.1 Å². The van der Waals surface area contributed by atoms with Crippen molar-refractivity contribution in [2.45, 2.75) is 63.9 Å². The Kier molecular flexibility index (Phi) is 7.43. The molecule has 182 valence electrons. The molecule has 1 saturated carbocycles. The van der Waals surface area contributed by atoms with E-state index in [9.17, 15) is 8.78 Å². The Labute approximate surface area is 207 Å². The van der Waals surface area contributed by atoms with E-state index in [1.807, 2.05) is 12.1 Å². The smallest absolute Gasteiger partial charge is 0.167 e. The minimum atomic E-state index is -0.783. The zero-order valence-corrected chi connectivity index (χ0v) is 20.5. The van der Waals surface area contributed by atoms with Crippen LogP contribution in [0.25, 0.3) is 11.1 Å². The van der Waals surface area contributed by atoms with Gasteiger partial charge in [-0.1, -0.05) is 79.7 Å². The first kappa shape index (κ1) is 23.9. The van der Waals surface area contributed by atoms with Gasteiger partial charge >= 0.3 is 0 Å². The molecule has 3 aromatic carbocycles. The molecule has 0 amide bonds. The Hall–Kier alpha value is -2.78. The second kappa shape index (κ2) is 10.9. The van der Waals surface area contributed by atoms with Crippen LogP contribution in [0.15, 0.2) is 72.8 Å². The molecule has 2 aliphatic rings. The molecule has 1 atom stereocenters. The number of aryl methyl sites for hydroxylation is 2. The molecule has 0 spiro atoms. The predicted octanol–water partition coefficient (Wildman–Crippen LogP) is 8.73.